The van der Waals surface area contributed by atoms with Gasteiger partial charge in [0, 0.05) is 25.0 Å². The highest BCUT2D eigenvalue weighted by Gasteiger charge is 2.32. The van der Waals surface area contributed by atoms with Crippen LogP contribution in [0.15, 0.2) is 0 Å². The molecule has 1 atom stereocenters. The van der Waals surface area contributed by atoms with Gasteiger partial charge < -0.3 is 20.3 Å². The molecule has 0 bridgehead atoms. The first kappa shape index (κ1) is 22.5. The van der Waals surface area contributed by atoms with Gasteiger partial charge in [-0.15, -0.1) is 0 Å². The summed E-state index contributed by atoms with van der Waals surface area (Å²) in [5, 5.41) is 6.07. The molecule has 3 amide bonds. The van der Waals surface area contributed by atoms with Crippen LogP contribution in [0.1, 0.15) is 66.2 Å². The summed E-state index contributed by atoms with van der Waals surface area (Å²) in [5.41, 5.74) is 0. The van der Waals surface area contributed by atoms with Gasteiger partial charge in [-0.25, -0.2) is 4.79 Å². The molecule has 1 heterocycles. The molecular formula is C21H37N3O4. The average molecular weight is 396 g/mol. The number of nitrogens with one attached hydrogen (secondary N) is 2. The third-order valence-corrected chi connectivity index (χ3v) is 6.00. The standard InChI is InChI=1S/C21H37N3O4/c1-5-28-21(27)24-12-10-17(11-13-24)22-20(26)18(14(2)3)23-19(25)16-8-6-15(4)7-9-16/h14-18H,5-13H2,1-4H3,(H,22,26)(H,23,25)/t15?,16?,18-/m0/s1. The predicted octanol–water partition coefficient (Wildman–Crippen LogP) is 2.69. The number of carbonyl (C=O) groups excluding carboxylic acids is 3. The molecule has 0 radical (unpaired) electrons. The fraction of sp³-hybridized carbons (Fsp3) is 0.857. The molecule has 0 spiro atoms. The van der Waals surface area contributed by atoms with E-state index in [0.29, 0.717) is 38.5 Å². The van der Waals surface area contributed by atoms with Crippen molar-refractivity contribution in [1.29, 1.82) is 0 Å². The van der Waals surface area contributed by atoms with Crippen molar-refractivity contribution >= 4 is 17.9 Å². The van der Waals surface area contributed by atoms with Crippen LogP contribution in [0.3, 0.4) is 0 Å². The highest BCUT2D eigenvalue weighted by atomic mass is 16.6. The Labute approximate surface area is 168 Å². The van der Waals surface area contributed by atoms with Crippen LogP contribution in [-0.2, 0) is 14.3 Å². The van der Waals surface area contributed by atoms with Crippen molar-refractivity contribution in [3.8, 4) is 0 Å². The minimum atomic E-state index is -0.519. The third kappa shape index (κ3) is 6.38. The maximum Gasteiger partial charge on any atom is 0.409 e. The van der Waals surface area contributed by atoms with Crippen molar-refractivity contribution in [2.45, 2.75) is 78.3 Å². The van der Waals surface area contributed by atoms with Crippen molar-refractivity contribution < 1.29 is 19.1 Å². The molecule has 1 saturated carbocycles. The third-order valence-electron chi connectivity index (χ3n) is 6.00. The second kappa shape index (κ2) is 10.7. The first-order chi connectivity index (χ1) is 13.3. The molecule has 7 nitrogen and oxygen atoms in total. The minimum Gasteiger partial charge on any atom is -0.450 e. The van der Waals surface area contributed by atoms with Crippen LogP contribution in [0.25, 0.3) is 0 Å². The fourth-order valence-electron chi connectivity index (χ4n) is 4.04. The van der Waals surface area contributed by atoms with Crippen LogP contribution in [0.5, 0.6) is 0 Å². The summed E-state index contributed by atoms with van der Waals surface area (Å²) in [7, 11) is 0. The monoisotopic (exact) mass is 395 g/mol. The van der Waals surface area contributed by atoms with Crippen LogP contribution >= 0.6 is 0 Å². The van der Waals surface area contributed by atoms with Crippen molar-refractivity contribution in [3.63, 3.8) is 0 Å². The van der Waals surface area contributed by atoms with Crippen LogP contribution in [-0.4, -0.2) is 54.6 Å². The van der Waals surface area contributed by atoms with Gasteiger partial charge in [0.15, 0.2) is 0 Å². The van der Waals surface area contributed by atoms with Crippen LogP contribution in [0, 0.1) is 17.8 Å². The summed E-state index contributed by atoms with van der Waals surface area (Å²) in [6.45, 7) is 9.44. The minimum absolute atomic E-state index is 0.0119. The van der Waals surface area contributed by atoms with Gasteiger partial charge in [-0.3, -0.25) is 9.59 Å². The van der Waals surface area contributed by atoms with E-state index in [9.17, 15) is 14.4 Å². The zero-order valence-corrected chi connectivity index (χ0v) is 17.8. The van der Waals surface area contributed by atoms with Gasteiger partial charge in [0.2, 0.25) is 11.8 Å². The van der Waals surface area contributed by atoms with Crippen LogP contribution in [0.2, 0.25) is 0 Å². The second-order valence-corrected chi connectivity index (χ2v) is 8.66. The first-order valence-electron chi connectivity index (χ1n) is 10.8. The first-order valence-corrected chi connectivity index (χ1v) is 10.8. The lowest BCUT2D eigenvalue weighted by Gasteiger charge is -2.33. The topological polar surface area (TPSA) is 87.7 Å². The lowest BCUT2D eigenvalue weighted by Crippen LogP contribution is -2.55. The maximum atomic E-state index is 12.8. The molecule has 1 aliphatic heterocycles. The highest BCUT2D eigenvalue weighted by Crippen LogP contribution is 2.28. The van der Waals surface area contributed by atoms with E-state index in [1.165, 1.54) is 0 Å². The summed E-state index contributed by atoms with van der Waals surface area (Å²) >= 11 is 0. The number of piperidine rings is 1. The smallest absolute Gasteiger partial charge is 0.409 e. The molecule has 7 heteroatoms. The number of likely N-dealkylation sites (tertiary alicyclic amines) is 1. The Bertz CT molecular complexity index is 536. The van der Waals surface area contributed by atoms with E-state index >= 15 is 0 Å². The molecule has 2 rings (SSSR count). The summed E-state index contributed by atoms with van der Waals surface area (Å²) in [5.74, 6) is 0.623. The van der Waals surface area contributed by atoms with Crippen molar-refractivity contribution in [3.05, 3.63) is 0 Å². The Balaban J connectivity index is 1.83. The van der Waals surface area contributed by atoms with E-state index < -0.39 is 6.04 Å². The summed E-state index contributed by atoms with van der Waals surface area (Å²) in [6, 6.07) is -0.498. The van der Waals surface area contributed by atoms with Crippen molar-refractivity contribution in [2.24, 2.45) is 17.8 Å². The van der Waals surface area contributed by atoms with Crippen LogP contribution < -0.4 is 10.6 Å². The number of rotatable bonds is 6. The molecule has 0 unspecified atom stereocenters. The van der Waals surface area contributed by atoms with Crippen LogP contribution in [0.4, 0.5) is 4.79 Å². The average Bonchev–Trinajstić information content (AvgIpc) is 2.66. The van der Waals surface area contributed by atoms with Gasteiger partial charge in [-0.2, -0.15) is 0 Å². The number of ether oxygens (including phenoxy) is 1. The van der Waals surface area contributed by atoms with Gasteiger partial charge in [-0.05, 0) is 57.3 Å². The quantitative estimate of drug-likeness (QED) is 0.724. The Morgan fingerprint density at radius 3 is 2.18 bits per heavy atom. The molecule has 2 N–H and O–H groups in total. The molecule has 160 valence electrons. The normalized spacial score (nSPS) is 24.5. The zero-order valence-electron chi connectivity index (χ0n) is 17.8. The van der Waals surface area contributed by atoms with E-state index in [-0.39, 0.29) is 35.8 Å². The number of hydrogen-bond acceptors (Lipinski definition) is 4. The Morgan fingerprint density at radius 2 is 1.64 bits per heavy atom. The van der Waals surface area contributed by atoms with E-state index in [1.807, 2.05) is 13.8 Å². The number of carbonyl (C=O) groups is 3. The number of amides is 3. The number of hydrogen-bond donors (Lipinski definition) is 2. The Hall–Kier alpha value is -1.79. The molecular weight excluding hydrogens is 358 g/mol. The fourth-order valence-corrected chi connectivity index (χ4v) is 4.04. The largest absolute Gasteiger partial charge is 0.450 e. The van der Waals surface area contributed by atoms with Crippen molar-refractivity contribution in [1.82, 2.24) is 15.5 Å². The van der Waals surface area contributed by atoms with Gasteiger partial charge in [-0.1, -0.05) is 20.8 Å². The van der Waals surface area contributed by atoms with Gasteiger partial charge in [0.05, 0.1) is 6.61 Å². The van der Waals surface area contributed by atoms with Crippen molar-refractivity contribution in [2.75, 3.05) is 19.7 Å². The maximum absolute atomic E-state index is 12.8. The zero-order chi connectivity index (χ0) is 20.7. The highest BCUT2D eigenvalue weighted by molar-refractivity contribution is 5.88. The number of nitrogens with zero attached hydrogens (tertiary/aromatic N) is 1. The summed E-state index contributed by atoms with van der Waals surface area (Å²) in [6.07, 6.45) is 5.08. The molecule has 0 aromatic heterocycles. The molecule has 28 heavy (non-hydrogen) atoms. The molecule has 0 aromatic rings. The summed E-state index contributed by atoms with van der Waals surface area (Å²) < 4.78 is 5.03. The van der Waals surface area contributed by atoms with Gasteiger partial charge in [0.25, 0.3) is 0 Å². The predicted molar refractivity (Wildman–Crippen MR) is 108 cm³/mol. The lowest BCUT2D eigenvalue weighted by atomic mass is 9.82. The Kier molecular flexibility index (Phi) is 8.58. The van der Waals surface area contributed by atoms with Gasteiger partial charge in [0.1, 0.15) is 6.04 Å². The lowest BCUT2D eigenvalue weighted by molar-refractivity contribution is -0.133. The van der Waals surface area contributed by atoms with Gasteiger partial charge >= 0.3 is 6.09 Å². The SMILES string of the molecule is CCOC(=O)N1CCC(NC(=O)[C@@H](NC(=O)C2CCC(C)CC2)C(C)C)CC1. The van der Waals surface area contributed by atoms with E-state index in [4.69, 9.17) is 4.74 Å². The molecule has 0 aromatic carbocycles. The van der Waals surface area contributed by atoms with E-state index in [0.717, 1.165) is 25.7 Å². The Morgan fingerprint density at radius 1 is 1.04 bits per heavy atom. The molecule has 1 saturated heterocycles. The molecule has 2 fully saturated rings. The summed E-state index contributed by atoms with van der Waals surface area (Å²) in [4.78, 5) is 38.9. The second-order valence-electron chi connectivity index (χ2n) is 8.66. The molecule has 1 aliphatic carbocycles. The van der Waals surface area contributed by atoms with E-state index in [1.54, 1.807) is 11.8 Å². The molecule has 2 aliphatic rings. The van der Waals surface area contributed by atoms with E-state index in [2.05, 4.69) is 17.6 Å².